The third-order valence-electron chi connectivity index (χ3n) is 5.61. The second kappa shape index (κ2) is 10.3. The summed E-state index contributed by atoms with van der Waals surface area (Å²) in [6, 6.07) is 28.3. The quantitative estimate of drug-likeness (QED) is 0.311. The largest absolute Gasteiger partial charge is 0.341 e. The van der Waals surface area contributed by atoms with Crippen LogP contribution < -0.4 is 10.0 Å². The van der Waals surface area contributed by atoms with Crippen LogP contribution in [0.4, 0.5) is 5.69 Å². The van der Waals surface area contributed by atoms with Crippen molar-refractivity contribution in [1.29, 1.82) is 0 Å². The van der Waals surface area contributed by atoms with Crippen LogP contribution in [-0.2, 0) is 10.0 Å². The van der Waals surface area contributed by atoms with Crippen LogP contribution in [-0.4, -0.2) is 14.3 Å². The zero-order valence-electron chi connectivity index (χ0n) is 19.3. The number of carbonyl (C=O) groups is 1. The highest BCUT2D eigenvalue weighted by molar-refractivity contribution is 7.92. The lowest BCUT2D eigenvalue weighted by Crippen LogP contribution is -2.29. The summed E-state index contributed by atoms with van der Waals surface area (Å²) in [6.07, 6.45) is 0. The minimum atomic E-state index is -4.01. The lowest BCUT2D eigenvalue weighted by molar-refractivity contribution is 0.0942. The van der Waals surface area contributed by atoms with E-state index in [0.717, 1.165) is 22.3 Å². The minimum absolute atomic E-state index is 0.0271. The third-order valence-corrected chi connectivity index (χ3v) is 7.47. The molecule has 4 aromatic carbocycles. The van der Waals surface area contributed by atoms with Crippen molar-refractivity contribution in [2.75, 3.05) is 4.72 Å². The minimum Gasteiger partial charge on any atom is -0.341 e. The lowest BCUT2D eigenvalue weighted by atomic mass is 9.97. The Morgan fingerprint density at radius 1 is 0.771 bits per heavy atom. The Labute approximate surface area is 210 Å². The van der Waals surface area contributed by atoms with Gasteiger partial charge in [0.1, 0.15) is 4.90 Å². The highest BCUT2D eigenvalue weighted by Crippen LogP contribution is 2.27. The van der Waals surface area contributed by atoms with E-state index in [1.807, 2.05) is 68.4 Å². The maximum Gasteiger partial charge on any atom is 0.263 e. The van der Waals surface area contributed by atoms with Gasteiger partial charge in [-0.3, -0.25) is 9.52 Å². The van der Waals surface area contributed by atoms with Gasteiger partial charge in [0.15, 0.2) is 0 Å². The molecule has 0 fully saturated rings. The zero-order valence-corrected chi connectivity index (χ0v) is 20.9. The van der Waals surface area contributed by atoms with Crippen LogP contribution in [0.25, 0.3) is 0 Å². The van der Waals surface area contributed by atoms with E-state index in [2.05, 4.69) is 10.0 Å². The molecule has 2 N–H and O–H groups in total. The van der Waals surface area contributed by atoms with Crippen LogP contribution in [0, 0.1) is 13.8 Å². The second-order valence-corrected chi connectivity index (χ2v) is 10.4. The summed E-state index contributed by atoms with van der Waals surface area (Å²) in [7, 11) is -4.01. The average molecular weight is 505 g/mol. The van der Waals surface area contributed by atoms with Crippen LogP contribution >= 0.6 is 11.6 Å². The predicted molar refractivity (Wildman–Crippen MR) is 140 cm³/mol. The molecule has 0 bridgehead atoms. The van der Waals surface area contributed by atoms with Gasteiger partial charge in [0.05, 0.1) is 11.1 Å². The van der Waals surface area contributed by atoms with Crippen LogP contribution in [0.1, 0.15) is 38.7 Å². The Kier molecular flexibility index (Phi) is 7.24. The van der Waals surface area contributed by atoms with Gasteiger partial charge in [-0.1, -0.05) is 89.5 Å². The van der Waals surface area contributed by atoms with Crippen molar-refractivity contribution in [1.82, 2.24) is 5.32 Å². The van der Waals surface area contributed by atoms with Gasteiger partial charge in [0, 0.05) is 11.3 Å². The maximum atomic E-state index is 13.3. The lowest BCUT2D eigenvalue weighted by Gasteiger charge is -2.20. The molecule has 1 amide bonds. The molecule has 0 saturated heterocycles. The van der Waals surface area contributed by atoms with Gasteiger partial charge in [-0.05, 0) is 55.3 Å². The predicted octanol–water partition coefficient (Wildman–Crippen LogP) is 6.28. The van der Waals surface area contributed by atoms with Crippen molar-refractivity contribution in [3.63, 3.8) is 0 Å². The zero-order chi connectivity index (χ0) is 25.0. The molecule has 0 aliphatic rings. The Balaban J connectivity index is 1.64. The summed E-state index contributed by atoms with van der Waals surface area (Å²) < 4.78 is 28.6. The smallest absolute Gasteiger partial charge is 0.263 e. The van der Waals surface area contributed by atoms with Crippen LogP contribution in [0.5, 0.6) is 0 Å². The number of amides is 1. The van der Waals surface area contributed by atoms with E-state index in [-0.39, 0.29) is 15.5 Å². The normalized spacial score (nSPS) is 12.1. The highest BCUT2D eigenvalue weighted by atomic mass is 35.5. The fourth-order valence-electron chi connectivity index (χ4n) is 3.66. The molecule has 0 unspecified atom stereocenters. The molecule has 0 aromatic heterocycles. The Bertz CT molecular complexity index is 1440. The summed E-state index contributed by atoms with van der Waals surface area (Å²) in [5.41, 5.74) is 4.54. The van der Waals surface area contributed by atoms with E-state index >= 15 is 0 Å². The SMILES string of the molecule is Cc1ccc(NS(=O)(=O)c2cc(C(=O)N[C@@H](c3ccccc3)c3ccc(C)cc3)ccc2Cl)cc1. The molecular formula is C28H25ClN2O3S. The number of rotatable bonds is 7. The number of anilines is 1. The van der Waals surface area contributed by atoms with Crippen molar-refractivity contribution in [3.8, 4) is 0 Å². The number of sulfonamides is 1. The molecule has 4 rings (SSSR count). The van der Waals surface area contributed by atoms with E-state index in [1.165, 1.54) is 18.2 Å². The van der Waals surface area contributed by atoms with E-state index < -0.39 is 22.0 Å². The van der Waals surface area contributed by atoms with Gasteiger partial charge in [0.25, 0.3) is 15.9 Å². The van der Waals surface area contributed by atoms with E-state index in [9.17, 15) is 13.2 Å². The highest BCUT2D eigenvalue weighted by Gasteiger charge is 2.23. The van der Waals surface area contributed by atoms with E-state index in [0.29, 0.717) is 5.69 Å². The maximum absolute atomic E-state index is 13.3. The first-order valence-corrected chi connectivity index (χ1v) is 12.9. The summed E-state index contributed by atoms with van der Waals surface area (Å²) >= 11 is 6.24. The summed E-state index contributed by atoms with van der Waals surface area (Å²) in [5, 5.41) is 3.07. The van der Waals surface area contributed by atoms with Gasteiger partial charge >= 0.3 is 0 Å². The number of benzene rings is 4. The number of nitrogens with one attached hydrogen (secondary N) is 2. The molecule has 1 atom stereocenters. The fourth-order valence-corrected chi connectivity index (χ4v) is 5.25. The van der Waals surface area contributed by atoms with Crippen molar-refractivity contribution in [2.24, 2.45) is 0 Å². The van der Waals surface area contributed by atoms with Crippen molar-refractivity contribution < 1.29 is 13.2 Å². The standard InChI is InChI=1S/C28H25ClN2O3S/c1-19-8-12-22(13-9-19)27(21-6-4-3-5-7-21)30-28(32)23-14-17-25(29)26(18-23)35(33,34)31-24-15-10-20(2)11-16-24/h3-18,27,31H,1-2H3,(H,30,32)/t27-/m0/s1. The molecule has 178 valence electrons. The Morgan fingerprint density at radius 3 is 1.97 bits per heavy atom. The summed E-state index contributed by atoms with van der Waals surface area (Å²) in [5.74, 6) is -0.414. The van der Waals surface area contributed by atoms with Crippen LogP contribution in [0.3, 0.4) is 0 Å². The van der Waals surface area contributed by atoms with Gasteiger partial charge in [0.2, 0.25) is 0 Å². The monoisotopic (exact) mass is 504 g/mol. The van der Waals surface area contributed by atoms with Crippen molar-refractivity contribution in [2.45, 2.75) is 24.8 Å². The van der Waals surface area contributed by atoms with Crippen molar-refractivity contribution in [3.05, 3.63) is 130 Å². The number of halogens is 1. The third kappa shape index (κ3) is 5.91. The fraction of sp³-hybridized carbons (Fsp3) is 0.107. The molecule has 0 heterocycles. The second-order valence-electron chi connectivity index (χ2n) is 8.34. The van der Waals surface area contributed by atoms with Gasteiger partial charge < -0.3 is 5.32 Å². The molecule has 0 spiro atoms. The number of carbonyl (C=O) groups excluding carboxylic acids is 1. The first-order chi connectivity index (χ1) is 16.7. The molecular weight excluding hydrogens is 480 g/mol. The first-order valence-electron chi connectivity index (χ1n) is 11.0. The van der Waals surface area contributed by atoms with Gasteiger partial charge in [-0.25, -0.2) is 8.42 Å². The number of hydrogen-bond donors (Lipinski definition) is 2. The topological polar surface area (TPSA) is 75.3 Å². The molecule has 4 aromatic rings. The Hall–Kier alpha value is -3.61. The van der Waals surface area contributed by atoms with Crippen molar-refractivity contribution >= 4 is 33.2 Å². The van der Waals surface area contributed by atoms with Crippen LogP contribution in [0.2, 0.25) is 5.02 Å². The molecule has 0 radical (unpaired) electrons. The molecule has 7 heteroatoms. The molecule has 0 aliphatic heterocycles. The molecule has 5 nitrogen and oxygen atoms in total. The summed E-state index contributed by atoms with van der Waals surface area (Å²) in [6.45, 7) is 3.91. The van der Waals surface area contributed by atoms with E-state index in [4.69, 9.17) is 11.6 Å². The molecule has 0 saturated carbocycles. The summed E-state index contributed by atoms with van der Waals surface area (Å²) in [4.78, 5) is 13.1. The van der Waals surface area contributed by atoms with Gasteiger partial charge in [-0.15, -0.1) is 0 Å². The number of aryl methyl sites for hydroxylation is 2. The average Bonchev–Trinajstić information content (AvgIpc) is 2.85. The van der Waals surface area contributed by atoms with E-state index in [1.54, 1.807) is 24.3 Å². The number of hydrogen-bond acceptors (Lipinski definition) is 3. The molecule has 0 aliphatic carbocycles. The first kappa shape index (κ1) is 24.5. The molecule has 35 heavy (non-hydrogen) atoms. The van der Waals surface area contributed by atoms with Crippen LogP contribution in [0.15, 0.2) is 102 Å². The van der Waals surface area contributed by atoms with Gasteiger partial charge in [-0.2, -0.15) is 0 Å². The Morgan fingerprint density at radius 2 is 1.34 bits per heavy atom.